The van der Waals surface area contributed by atoms with Gasteiger partial charge in [-0.3, -0.25) is 10.1 Å². The standard InChI is InChI=1S/C12H11N5O4/c13-11-10(17(18)19)9(15-12(14)16-11)6-1-2-7-8(5-6)21-4-3-20-7/h1-2,5H,3-4H2,(H4,13,14,15,16). The van der Waals surface area contributed by atoms with Crippen LogP contribution in [-0.4, -0.2) is 28.1 Å². The maximum Gasteiger partial charge on any atom is 0.337 e. The molecule has 0 spiro atoms. The zero-order valence-electron chi connectivity index (χ0n) is 10.8. The van der Waals surface area contributed by atoms with Crippen molar-refractivity contribution in [1.82, 2.24) is 9.97 Å². The molecule has 1 aliphatic rings. The summed E-state index contributed by atoms with van der Waals surface area (Å²) in [6.45, 7) is 0.868. The average molecular weight is 289 g/mol. The monoisotopic (exact) mass is 289 g/mol. The highest BCUT2D eigenvalue weighted by atomic mass is 16.6. The maximum absolute atomic E-state index is 11.2. The zero-order chi connectivity index (χ0) is 15.0. The van der Waals surface area contributed by atoms with E-state index in [9.17, 15) is 10.1 Å². The zero-order valence-corrected chi connectivity index (χ0v) is 10.8. The van der Waals surface area contributed by atoms with Crippen LogP contribution in [-0.2, 0) is 0 Å². The molecule has 4 N–H and O–H groups in total. The second-order valence-electron chi connectivity index (χ2n) is 4.28. The lowest BCUT2D eigenvalue weighted by Crippen LogP contribution is -2.15. The summed E-state index contributed by atoms with van der Waals surface area (Å²) in [5.74, 6) is 0.645. The number of anilines is 2. The maximum atomic E-state index is 11.2. The Morgan fingerprint density at radius 1 is 1.14 bits per heavy atom. The van der Waals surface area contributed by atoms with Gasteiger partial charge in [-0.2, -0.15) is 4.98 Å². The van der Waals surface area contributed by atoms with Gasteiger partial charge in [-0.15, -0.1) is 0 Å². The molecular weight excluding hydrogens is 278 g/mol. The van der Waals surface area contributed by atoms with E-state index in [0.717, 1.165) is 0 Å². The van der Waals surface area contributed by atoms with Crippen molar-refractivity contribution < 1.29 is 14.4 Å². The number of nitrogen functional groups attached to an aromatic ring is 2. The SMILES string of the molecule is Nc1nc(N)c([N+](=O)[O-])c(-c2ccc3c(c2)OCCO3)n1. The van der Waals surface area contributed by atoms with Gasteiger partial charge < -0.3 is 20.9 Å². The van der Waals surface area contributed by atoms with Crippen LogP contribution >= 0.6 is 0 Å². The molecule has 0 fully saturated rings. The molecular formula is C12H11N5O4. The summed E-state index contributed by atoms with van der Waals surface area (Å²) in [6, 6.07) is 4.88. The molecule has 3 rings (SSSR count). The third-order valence-electron chi connectivity index (χ3n) is 2.93. The molecule has 1 aromatic carbocycles. The van der Waals surface area contributed by atoms with E-state index in [1.54, 1.807) is 18.2 Å². The van der Waals surface area contributed by atoms with Crippen LogP contribution in [0.1, 0.15) is 0 Å². The van der Waals surface area contributed by atoms with Gasteiger partial charge in [-0.25, -0.2) is 4.98 Å². The van der Waals surface area contributed by atoms with Gasteiger partial charge in [-0.05, 0) is 18.2 Å². The Labute approximate surface area is 118 Å². The minimum atomic E-state index is -0.638. The molecule has 21 heavy (non-hydrogen) atoms. The van der Waals surface area contributed by atoms with Crippen molar-refractivity contribution in [3.8, 4) is 22.8 Å². The molecule has 0 radical (unpaired) electrons. The van der Waals surface area contributed by atoms with Gasteiger partial charge in [0.15, 0.2) is 17.2 Å². The summed E-state index contributed by atoms with van der Waals surface area (Å²) in [7, 11) is 0. The Morgan fingerprint density at radius 3 is 2.57 bits per heavy atom. The first-order chi connectivity index (χ1) is 10.1. The molecule has 1 aliphatic heterocycles. The van der Waals surface area contributed by atoms with Crippen LogP contribution < -0.4 is 20.9 Å². The largest absolute Gasteiger partial charge is 0.486 e. The van der Waals surface area contributed by atoms with Crippen LogP contribution in [0.4, 0.5) is 17.5 Å². The van der Waals surface area contributed by atoms with Crippen molar-refractivity contribution in [1.29, 1.82) is 0 Å². The first-order valence-corrected chi connectivity index (χ1v) is 6.03. The summed E-state index contributed by atoms with van der Waals surface area (Å²) < 4.78 is 10.8. The van der Waals surface area contributed by atoms with E-state index in [0.29, 0.717) is 30.3 Å². The van der Waals surface area contributed by atoms with Crippen LogP contribution in [0.3, 0.4) is 0 Å². The highest BCUT2D eigenvalue weighted by Gasteiger charge is 2.25. The van der Waals surface area contributed by atoms with Gasteiger partial charge >= 0.3 is 5.69 Å². The molecule has 0 saturated heterocycles. The van der Waals surface area contributed by atoms with Gasteiger partial charge in [0.1, 0.15) is 13.2 Å². The minimum Gasteiger partial charge on any atom is -0.486 e. The minimum absolute atomic E-state index is 0.0435. The number of benzene rings is 1. The van der Waals surface area contributed by atoms with Gasteiger partial charge in [0, 0.05) is 5.56 Å². The molecule has 108 valence electrons. The predicted octanol–water partition coefficient (Wildman–Crippen LogP) is 0.987. The molecule has 0 saturated carbocycles. The normalized spacial score (nSPS) is 13.0. The molecule has 0 unspecified atom stereocenters. The van der Waals surface area contributed by atoms with E-state index < -0.39 is 4.92 Å². The molecule has 1 aromatic heterocycles. The third kappa shape index (κ3) is 2.24. The van der Waals surface area contributed by atoms with E-state index in [2.05, 4.69) is 9.97 Å². The molecule has 2 heterocycles. The topological polar surface area (TPSA) is 139 Å². The number of rotatable bonds is 2. The van der Waals surface area contributed by atoms with Gasteiger partial charge in [0.2, 0.25) is 11.8 Å². The third-order valence-corrected chi connectivity index (χ3v) is 2.93. The summed E-state index contributed by atoms with van der Waals surface area (Å²) in [4.78, 5) is 18.1. The lowest BCUT2D eigenvalue weighted by atomic mass is 10.1. The molecule has 0 amide bonds. The van der Waals surface area contributed by atoms with Gasteiger partial charge in [-0.1, -0.05) is 0 Å². The number of nitro groups is 1. The van der Waals surface area contributed by atoms with Crippen molar-refractivity contribution in [2.75, 3.05) is 24.7 Å². The van der Waals surface area contributed by atoms with Crippen molar-refractivity contribution >= 4 is 17.5 Å². The number of aromatic nitrogens is 2. The Bertz CT molecular complexity index is 734. The summed E-state index contributed by atoms with van der Waals surface area (Å²) in [5.41, 5.74) is 11.2. The fraction of sp³-hybridized carbons (Fsp3) is 0.167. The molecule has 0 atom stereocenters. The predicted molar refractivity (Wildman–Crippen MR) is 73.9 cm³/mol. The Hall–Kier alpha value is -3.10. The Kier molecular flexibility index (Phi) is 2.94. The summed E-state index contributed by atoms with van der Waals surface area (Å²) in [5, 5.41) is 11.2. The van der Waals surface area contributed by atoms with Gasteiger partial charge in [0.25, 0.3) is 0 Å². The van der Waals surface area contributed by atoms with E-state index in [1.807, 2.05) is 0 Å². The second kappa shape index (κ2) is 4.78. The smallest absolute Gasteiger partial charge is 0.337 e. The number of hydrogen-bond acceptors (Lipinski definition) is 8. The van der Waals surface area contributed by atoms with Crippen LogP contribution in [0.25, 0.3) is 11.3 Å². The summed E-state index contributed by atoms with van der Waals surface area (Å²) >= 11 is 0. The van der Waals surface area contributed by atoms with Crippen molar-refractivity contribution in [3.63, 3.8) is 0 Å². The first-order valence-electron chi connectivity index (χ1n) is 6.03. The summed E-state index contributed by atoms with van der Waals surface area (Å²) in [6.07, 6.45) is 0. The molecule has 0 aliphatic carbocycles. The van der Waals surface area contributed by atoms with Crippen LogP contribution in [0, 0.1) is 10.1 Å². The van der Waals surface area contributed by atoms with Gasteiger partial charge in [0.05, 0.1) is 4.92 Å². The number of ether oxygens (including phenoxy) is 2. The van der Waals surface area contributed by atoms with Crippen molar-refractivity contribution in [2.45, 2.75) is 0 Å². The molecule has 2 aromatic rings. The average Bonchev–Trinajstić information content (AvgIpc) is 2.45. The number of nitrogens with zero attached hydrogens (tertiary/aromatic N) is 3. The lowest BCUT2D eigenvalue weighted by molar-refractivity contribution is -0.383. The lowest BCUT2D eigenvalue weighted by Gasteiger charge is -2.18. The van der Waals surface area contributed by atoms with Crippen LogP contribution in [0.15, 0.2) is 18.2 Å². The van der Waals surface area contributed by atoms with E-state index in [-0.39, 0.29) is 23.1 Å². The van der Waals surface area contributed by atoms with E-state index in [1.165, 1.54) is 0 Å². The van der Waals surface area contributed by atoms with E-state index in [4.69, 9.17) is 20.9 Å². The number of fused-ring (bicyclic) bond motifs is 1. The Morgan fingerprint density at radius 2 is 1.86 bits per heavy atom. The highest BCUT2D eigenvalue weighted by molar-refractivity contribution is 5.78. The first kappa shape index (κ1) is 12.9. The van der Waals surface area contributed by atoms with Crippen molar-refractivity contribution in [3.05, 3.63) is 28.3 Å². The molecule has 0 bridgehead atoms. The fourth-order valence-corrected chi connectivity index (χ4v) is 2.06. The van der Waals surface area contributed by atoms with Crippen LogP contribution in [0.5, 0.6) is 11.5 Å². The fourth-order valence-electron chi connectivity index (χ4n) is 2.06. The van der Waals surface area contributed by atoms with Crippen LogP contribution in [0.2, 0.25) is 0 Å². The number of hydrogen-bond donors (Lipinski definition) is 2. The molecule has 9 heteroatoms. The number of nitrogens with two attached hydrogens (primary N) is 2. The quantitative estimate of drug-likeness (QED) is 0.616. The van der Waals surface area contributed by atoms with Crippen molar-refractivity contribution in [2.24, 2.45) is 0 Å². The molecule has 9 nitrogen and oxygen atoms in total. The second-order valence-corrected chi connectivity index (χ2v) is 4.28. The Balaban J connectivity index is 2.18. The van der Waals surface area contributed by atoms with E-state index >= 15 is 0 Å². The highest BCUT2D eigenvalue weighted by Crippen LogP contribution is 2.38.